The van der Waals surface area contributed by atoms with Crippen LogP contribution in [0, 0.1) is 12.7 Å². The third kappa shape index (κ3) is 5.39. The van der Waals surface area contributed by atoms with Crippen molar-refractivity contribution >= 4 is 11.8 Å². The second kappa shape index (κ2) is 10.6. The van der Waals surface area contributed by atoms with Crippen molar-refractivity contribution < 1.29 is 23.2 Å². The van der Waals surface area contributed by atoms with Gasteiger partial charge in [0.2, 0.25) is 5.88 Å². The maximum atomic E-state index is 13.6. The molecule has 2 aromatic carbocycles. The Kier molecular flexibility index (Phi) is 7.11. The first-order chi connectivity index (χ1) is 17.1. The number of aromatic nitrogens is 1. The molecule has 2 fully saturated rings. The molecule has 35 heavy (non-hydrogen) atoms. The third-order valence-corrected chi connectivity index (χ3v) is 6.53. The summed E-state index contributed by atoms with van der Waals surface area (Å²) in [4.78, 5) is 17.5. The minimum atomic E-state index is -0.373. The van der Waals surface area contributed by atoms with Crippen molar-refractivity contribution in [3.8, 4) is 11.3 Å². The molecule has 3 aromatic rings. The highest BCUT2D eigenvalue weighted by Crippen LogP contribution is 2.34. The van der Waals surface area contributed by atoms with E-state index in [9.17, 15) is 9.18 Å². The van der Waals surface area contributed by atoms with Crippen molar-refractivity contribution in [1.29, 1.82) is 0 Å². The largest absolute Gasteiger partial charge is 0.378 e. The Bertz CT molecular complexity index is 1150. The number of hydrogen-bond donors (Lipinski definition) is 0. The van der Waals surface area contributed by atoms with E-state index >= 15 is 0 Å². The molecule has 8 heteroatoms. The fourth-order valence-corrected chi connectivity index (χ4v) is 4.70. The number of ether oxygens (including phenoxy) is 2. The highest BCUT2D eigenvalue weighted by Gasteiger charge is 2.30. The fraction of sp³-hybridized carbons (Fsp3) is 0.407. The summed E-state index contributed by atoms with van der Waals surface area (Å²) >= 11 is 0. The standard InChI is InChI=1S/C27H30FN3O4/c1-19-4-2-5-21(16-19)25-24(27(35-29-25)30-11-14-33-15-12-30)18-31(17-23-6-3-13-34-23)26(32)20-7-9-22(28)10-8-20/h2,4-5,7-10,16,23H,3,6,11-15,17-18H2,1H3. The van der Waals surface area contributed by atoms with Crippen LogP contribution in [0.2, 0.25) is 0 Å². The molecular weight excluding hydrogens is 449 g/mol. The number of amides is 1. The highest BCUT2D eigenvalue weighted by molar-refractivity contribution is 5.94. The second-order valence-electron chi connectivity index (χ2n) is 9.11. The zero-order valence-corrected chi connectivity index (χ0v) is 19.9. The van der Waals surface area contributed by atoms with E-state index in [1.54, 1.807) is 4.90 Å². The van der Waals surface area contributed by atoms with Gasteiger partial charge < -0.3 is 23.8 Å². The van der Waals surface area contributed by atoms with E-state index < -0.39 is 0 Å². The molecule has 2 saturated heterocycles. The predicted molar refractivity (Wildman–Crippen MR) is 130 cm³/mol. The SMILES string of the molecule is Cc1cccc(-c2noc(N3CCOCC3)c2CN(CC2CCCO2)C(=O)c2ccc(F)cc2)c1. The number of benzene rings is 2. The average Bonchev–Trinajstić information content (AvgIpc) is 3.54. The van der Waals surface area contributed by atoms with Gasteiger partial charge in [0.15, 0.2) is 0 Å². The van der Waals surface area contributed by atoms with Crippen LogP contribution in [0.25, 0.3) is 11.3 Å². The molecule has 0 spiro atoms. The summed E-state index contributed by atoms with van der Waals surface area (Å²) in [6, 6.07) is 13.8. The molecular formula is C27H30FN3O4. The molecule has 0 radical (unpaired) electrons. The lowest BCUT2D eigenvalue weighted by Crippen LogP contribution is -2.39. The molecule has 5 rings (SSSR count). The van der Waals surface area contributed by atoms with Crippen molar-refractivity contribution in [2.75, 3.05) is 44.4 Å². The second-order valence-corrected chi connectivity index (χ2v) is 9.11. The van der Waals surface area contributed by atoms with E-state index in [2.05, 4.69) is 16.1 Å². The maximum absolute atomic E-state index is 13.6. The Morgan fingerprint density at radius 2 is 1.94 bits per heavy atom. The van der Waals surface area contributed by atoms with Crippen LogP contribution in [-0.2, 0) is 16.0 Å². The lowest BCUT2D eigenvalue weighted by Gasteiger charge is -2.29. The summed E-state index contributed by atoms with van der Waals surface area (Å²) in [6.07, 6.45) is 1.84. The molecule has 7 nitrogen and oxygen atoms in total. The third-order valence-electron chi connectivity index (χ3n) is 6.53. The molecule has 0 saturated carbocycles. The lowest BCUT2D eigenvalue weighted by molar-refractivity contribution is 0.0507. The Morgan fingerprint density at radius 1 is 1.14 bits per heavy atom. The Hall–Kier alpha value is -3.23. The number of hydrogen-bond acceptors (Lipinski definition) is 6. The van der Waals surface area contributed by atoms with Crippen LogP contribution in [0.15, 0.2) is 53.1 Å². The van der Waals surface area contributed by atoms with Gasteiger partial charge in [0.1, 0.15) is 11.5 Å². The molecule has 0 N–H and O–H groups in total. The number of aryl methyl sites for hydroxylation is 1. The number of carbonyl (C=O) groups is 1. The summed E-state index contributed by atoms with van der Waals surface area (Å²) in [7, 11) is 0. The number of morpholine rings is 1. The predicted octanol–water partition coefficient (Wildman–Crippen LogP) is 4.45. The molecule has 1 amide bonds. The summed E-state index contributed by atoms with van der Waals surface area (Å²) in [5.74, 6) is 0.112. The van der Waals surface area contributed by atoms with Gasteiger partial charge in [0.05, 0.1) is 31.4 Å². The monoisotopic (exact) mass is 479 g/mol. The maximum Gasteiger partial charge on any atom is 0.254 e. The van der Waals surface area contributed by atoms with Gasteiger partial charge in [-0.2, -0.15) is 0 Å². The smallest absolute Gasteiger partial charge is 0.254 e. The molecule has 1 unspecified atom stereocenters. The minimum absolute atomic E-state index is 0.0338. The molecule has 0 aliphatic carbocycles. The van der Waals surface area contributed by atoms with Crippen molar-refractivity contribution in [2.24, 2.45) is 0 Å². The first-order valence-corrected chi connectivity index (χ1v) is 12.1. The Labute approximate surface area is 204 Å². The van der Waals surface area contributed by atoms with E-state index in [1.165, 1.54) is 24.3 Å². The minimum Gasteiger partial charge on any atom is -0.378 e. The van der Waals surface area contributed by atoms with Gasteiger partial charge >= 0.3 is 0 Å². The number of rotatable bonds is 7. The van der Waals surface area contributed by atoms with Crippen LogP contribution in [0.1, 0.15) is 34.3 Å². The van der Waals surface area contributed by atoms with Crippen LogP contribution < -0.4 is 4.90 Å². The highest BCUT2D eigenvalue weighted by atomic mass is 19.1. The zero-order chi connectivity index (χ0) is 24.2. The molecule has 2 aliphatic heterocycles. The van der Waals surface area contributed by atoms with Crippen LogP contribution in [0.5, 0.6) is 0 Å². The van der Waals surface area contributed by atoms with Crippen molar-refractivity contribution in [3.63, 3.8) is 0 Å². The normalized spacial score (nSPS) is 18.1. The van der Waals surface area contributed by atoms with Crippen molar-refractivity contribution in [3.05, 3.63) is 71.0 Å². The van der Waals surface area contributed by atoms with Gasteiger partial charge in [-0.1, -0.05) is 28.9 Å². The molecule has 1 atom stereocenters. The first kappa shape index (κ1) is 23.5. The molecule has 184 valence electrons. The number of halogens is 1. The van der Waals surface area contributed by atoms with Crippen LogP contribution >= 0.6 is 0 Å². The number of anilines is 1. The molecule has 1 aromatic heterocycles. The topological polar surface area (TPSA) is 68.0 Å². The summed E-state index contributed by atoms with van der Waals surface area (Å²) in [5, 5.41) is 4.45. The van der Waals surface area contributed by atoms with E-state index in [-0.39, 0.29) is 17.8 Å². The van der Waals surface area contributed by atoms with Crippen LogP contribution in [0.3, 0.4) is 0 Å². The summed E-state index contributed by atoms with van der Waals surface area (Å²) in [6.45, 7) is 6.06. The van der Waals surface area contributed by atoms with Gasteiger partial charge in [0, 0.05) is 37.4 Å². The summed E-state index contributed by atoms with van der Waals surface area (Å²) in [5.41, 5.74) is 4.06. The fourth-order valence-electron chi connectivity index (χ4n) is 4.70. The lowest BCUT2D eigenvalue weighted by atomic mass is 10.0. The van der Waals surface area contributed by atoms with Crippen molar-refractivity contribution in [2.45, 2.75) is 32.4 Å². The van der Waals surface area contributed by atoms with Crippen molar-refractivity contribution in [1.82, 2.24) is 10.1 Å². The van der Waals surface area contributed by atoms with E-state index in [1.807, 2.05) is 25.1 Å². The van der Waals surface area contributed by atoms with Gasteiger partial charge in [0.25, 0.3) is 5.91 Å². The zero-order valence-electron chi connectivity index (χ0n) is 19.9. The van der Waals surface area contributed by atoms with E-state index in [0.29, 0.717) is 57.4 Å². The van der Waals surface area contributed by atoms with Gasteiger partial charge in [-0.05, 0) is 50.1 Å². The quantitative estimate of drug-likeness (QED) is 0.499. The van der Waals surface area contributed by atoms with E-state index in [4.69, 9.17) is 14.0 Å². The van der Waals surface area contributed by atoms with Gasteiger partial charge in [-0.3, -0.25) is 4.79 Å². The molecule has 3 heterocycles. The number of carbonyl (C=O) groups excluding carboxylic acids is 1. The van der Waals surface area contributed by atoms with Crippen LogP contribution in [0.4, 0.5) is 10.3 Å². The molecule has 2 aliphatic rings. The average molecular weight is 480 g/mol. The summed E-state index contributed by atoms with van der Waals surface area (Å²) < 4.78 is 30.8. The Balaban J connectivity index is 1.52. The van der Waals surface area contributed by atoms with E-state index in [0.717, 1.165) is 35.2 Å². The van der Waals surface area contributed by atoms with Gasteiger partial charge in [-0.15, -0.1) is 0 Å². The Morgan fingerprint density at radius 3 is 2.66 bits per heavy atom. The molecule has 0 bridgehead atoms. The first-order valence-electron chi connectivity index (χ1n) is 12.1. The number of nitrogens with zero attached hydrogens (tertiary/aromatic N) is 3. The van der Waals surface area contributed by atoms with Crippen LogP contribution in [-0.4, -0.2) is 61.5 Å². The van der Waals surface area contributed by atoms with Gasteiger partial charge in [-0.25, -0.2) is 4.39 Å².